The molecule has 2 heterocycles. The number of nitrogens with zero attached hydrogens (tertiary/aromatic N) is 1. The van der Waals surface area contributed by atoms with E-state index in [4.69, 9.17) is 4.74 Å². The van der Waals surface area contributed by atoms with Crippen LogP contribution in [0.3, 0.4) is 0 Å². The minimum atomic E-state index is -0.509. The molecule has 5 nitrogen and oxygen atoms in total. The molecule has 3 rings (SSSR count). The quantitative estimate of drug-likeness (QED) is 0.849. The molecule has 2 fully saturated rings. The predicted octanol–water partition coefficient (Wildman–Crippen LogP) is 2.00. The highest BCUT2D eigenvalue weighted by molar-refractivity contribution is 8.00. The van der Waals surface area contributed by atoms with Crippen LogP contribution in [0.25, 0.3) is 0 Å². The van der Waals surface area contributed by atoms with Gasteiger partial charge in [-0.2, -0.15) is 0 Å². The number of nitrogens with one attached hydrogen (secondary N) is 1. The van der Waals surface area contributed by atoms with Crippen LogP contribution < -0.4 is 5.32 Å². The van der Waals surface area contributed by atoms with Gasteiger partial charge in [0, 0.05) is 25.4 Å². The van der Waals surface area contributed by atoms with Gasteiger partial charge in [0.1, 0.15) is 11.9 Å². The van der Waals surface area contributed by atoms with Gasteiger partial charge in [-0.15, -0.1) is 11.8 Å². The van der Waals surface area contributed by atoms with Crippen molar-refractivity contribution in [2.24, 2.45) is 0 Å². The van der Waals surface area contributed by atoms with Gasteiger partial charge in [0.2, 0.25) is 11.8 Å². The molecule has 7 heteroatoms. The lowest BCUT2D eigenvalue weighted by atomic mass is 10.1. The Balaban J connectivity index is 1.55. The topological polar surface area (TPSA) is 58.6 Å². The molecule has 142 valence electrons. The normalized spacial score (nSPS) is 26.5. The van der Waals surface area contributed by atoms with E-state index in [0.717, 1.165) is 12.8 Å². The van der Waals surface area contributed by atoms with Gasteiger partial charge in [0.15, 0.2) is 0 Å². The first-order chi connectivity index (χ1) is 12.6. The summed E-state index contributed by atoms with van der Waals surface area (Å²) in [5, 5.41) is 2.47. The number of benzene rings is 1. The van der Waals surface area contributed by atoms with Crippen molar-refractivity contribution in [3.05, 3.63) is 35.6 Å². The number of ether oxygens (including phenoxy) is 1. The van der Waals surface area contributed by atoms with Crippen molar-refractivity contribution in [2.45, 2.75) is 43.6 Å². The summed E-state index contributed by atoms with van der Waals surface area (Å²) < 4.78 is 19.4. The van der Waals surface area contributed by atoms with Crippen LogP contribution in [0, 0.1) is 5.82 Å². The van der Waals surface area contributed by atoms with Crippen LogP contribution in [0.15, 0.2) is 24.3 Å². The average Bonchev–Trinajstić information content (AvgIpc) is 2.65. The molecule has 2 aliphatic rings. The largest absolute Gasteiger partial charge is 0.377 e. The summed E-state index contributed by atoms with van der Waals surface area (Å²) in [6.45, 7) is 3.88. The number of hydrogen-bond donors (Lipinski definition) is 1. The first-order valence-electron chi connectivity index (χ1n) is 9.14. The van der Waals surface area contributed by atoms with Gasteiger partial charge in [-0.05, 0) is 37.8 Å². The molecule has 0 aliphatic carbocycles. The number of halogens is 1. The Morgan fingerprint density at radius 2 is 2.23 bits per heavy atom. The van der Waals surface area contributed by atoms with Crippen LogP contribution in [0.2, 0.25) is 0 Å². The second kappa shape index (κ2) is 8.86. The Morgan fingerprint density at radius 1 is 1.42 bits per heavy atom. The van der Waals surface area contributed by atoms with Gasteiger partial charge >= 0.3 is 0 Å². The van der Waals surface area contributed by atoms with E-state index >= 15 is 0 Å². The molecular formula is C19H25FN2O3S. The van der Waals surface area contributed by atoms with Gasteiger partial charge in [-0.3, -0.25) is 9.59 Å². The van der Waals surface area contributed by atoms with Gasteiger partial charge in [0.25, 0.3) is 0 Å². The molecule has 2 saturated heterocycles. The van der Waals surface area contributed by atoms with E-state index in [1.807, 2.05) is 6.92 Å². The molecule has 2 aliphatic heterocycles. The van der Waals surface area contributed by atoms with Gasteiger partial charge in [-0.25, -0.2) is 4.39 Å². The van der Waals surface area contributed by atoms with Crippen LogP contribution >= 0.6 is 11.8 Å². The number of thioether (sulfide) groups is 1. The van der Waals surface area contributed by atoms with Crippen LogP contribution in [-0.4, -0.2) is 59.6 Å². The highest BCUT2D eigenvalue weighted by Gasteiger charge is 2.36. The molecule has 1 aromatic rings. The van der Waals surface area contributed by atoms with Crippen molar-refractivity contribution in [3.63, 3.8) is 0 Å². The highest BCUT2D eigenvalue weighted by Crippen LogP contribution is 2.24. The molecule has 2 amide bonds. The molecule has 0 unspecified atom stereocenters. The molecule has 0 spiro atoms. The Kier molecular flexibility index (Phi) is 6.53. The van der Waals surface area contributed by atoms with Crippen LogP contribution in [0.1, 0.15) is 25.3 Å². The molecular weight excluding hydrogens is 355 g/mol. The highest BCUT2D eigenvalue weighted by atomic mass is 32.2. The number of likely N-dealkylation sites (tertiary alicyclic amines) is 1. The smallest absolute Gasteiger partial charge is 0.246 e. The van der Waals surface area contributed by atoms with E-state index in [-0.39, 0.29) is 29.0 Å². The van der Waals surface area contributed by atoms with Crippen LogP contribution in [-0.2, 0) is 20.7 Å². The summed E-state index contributed by atoms with van der Waals surface area (Å²) in [6, 6.07) is 5.99. The molecule has 26 heavy (non-hydrogen) atoms. The van der Waals surface area contributed by atoms with E-state index in [0.29, 0.717) is 37.4 Å². The van der Waals surface area contributed by atoms with Crippen molar-refractivity contribution >= 4 is 23.6 Å². The van der Waals surface area contributed by atoms with Gasteiger partial charge in [0.05, 0.1) is 11.4 Å². The van der Waals surface area contributed by atoms with Crippen molar-refractivity contribution in [2.75, 3.05) is 25.4 Å². The first kappa shape index (κ1) is 19.2. The third-order valence-electron chi connectivity index (χ3n) is 4.83. The van der Waals surface area contributed by atoms with Crippen molar-refractivity contribution in [1.82, 2.24) is 10.2 Å². The summed E-state index contributed by atoms with van der Waals surface area (Å²) in [5.41, 5.74) is 0.528. The van der Waals surface area contributed by atoms with Crippen LogP contribution in [0.5, 0.6) is 0 Å². The van der Waals surface area contributed by atoms with Crippen LogP contribution in [0.4, 0.5) is 4.39 Å². The minimum Gasteiger partial charge on any atom is -0.377 e. The second-order valence-corrected chi connectivity index (χ2v) is 7.92. The Labute approximate surface area is 157 Å². The molecule has 1 N–H and O–H groups in total. The maximum Gasteiger partial charge on any atom is 0.246 e. The molecule has 1 aromatic carbocycles. The summed E-state index contributed by atoms with van der Waals surface area (Å²) in [5.74, 6) is -0.0188. The third-order valence-corrected chi connectivity index (χ3v) is 6.14. The summed E-state index contributed by atoms with van der Waals surface area (Å²) in [4.78, 5) is 27.0. The second-order valence-electron chi connectivity index (χ2n) is 6.68. The Bertz CT molecular complexity index is 655. The average molecular weight is 380 g/mol. The fraction of sp³-hybridized carbons (Fsp3) is 0.579. The van der Waals surface area contributed by atoms with E-state index in [9.17, 15) is 14.0 Å². The number of amides is 2. The Morgan fingerprint density at radius 3 is 2.96 bits per heavy atom. The SMILES string of the molecule is CCO[C@@H]1CCCN(C(=O)[C@@H]2CS[C@@H](Cc3ccccc3F)C(=O)N2)C1. The zero-order chi connectivity index (χ0) is 18.5. The third kappa shape index (κ3) is 4.57. The maximum absolute atomic E-state index is 13.8. The minimum absolute atomic E-state index is 0.0420. The zero-order valence-electron chi connectivity index (χ0n) is 14.9. The molecule has 0 aromatic heterocycles. The number of piperidine rings is 1. The van der Waals surface area contributed by atoms with E-state index in [1.54, 1.807) is 23.1 Å². The fourth-order valence-electron chi connectivity index (χ4n) is 3.47. The summed E-state index contributed by atoms with van der Waals surface area (Å²) >= 11 is 1.43. The number of carbonyl (C=O) groups is 2. The fourth-order valence-corrected chi connectivity index (χ4v) is 4.64. The summed E-state index contributed by atoms with van der Waals surface area (Å²) in [7, 11) is 0. The monoisotopic (exact) mass is 380 g/mol. The number of hydrogen-bond acceptors (Lipinski definition) is 4. The van der Waals surface area contributed by atoms with E-state index in [2.05, 4.69) is 5.32 Å². The predicted molar refractivity (Wildman–Crippen MR) is 99.5 cm³/mol. The molecule has 3 atom stereocenters. The van der Waals surface area contributed by atoms with E-state index in [1.165, 1.54) is 17.8 Å². The van der Waals surface area contributed by atoms with Crippen molar-refractivity contribution in [3.8, 4) is 0 Å². The summed E-state index contributed by atoms with van der Waals surface area (Å²) in [6.07, 6.45) is 2.30. The van der Waals surface area contributed by atoms with Gasteiger partial charge < -0.3 is 15.0 Å². The molecule has 0 bridgehead atoms. The molecule has 0 radical (unpaired) electrons. The lowest BCUT2D eigenvalue weighted by Gasteiger charge is -2.36. The van der Waals surface area contributed by atoms with Crippen molar-refractivity contribution < 1.29 is 18.7 Å². The van der Waals surface area contributed by atoms with E-state index < -0.39 is 6.04 Å². The Hall–Kier alpha value is -1.60. The number of carbonyl (C=O) groups excluding carboxylic acids is 2. The van der Waals surface area contributed by atoms with Gasteiger partial charge in [-0.1, -0.05) is 18.2 Å². The lowest BCUT2D eigenvalue weighted by molar-refractivity contribution is -0.139. The first-order valence-corrected chi connectivity index (χ1v) is 10.2. The zero-order valence-corrected chi connectivity index (χ0v) is 15.8. The van der Waals surface area contributed by atoms with Crippen molar-refractivity contribution in [1.29, 1.82) is 0 Å². The molecule has 0 saturated carbocycles. The standard InChI is InChI=1S/C19H25FN2O3S/c1-2-25-14-7-5-9-22(11-14)19(24)16-12-26-17(18(23)21-16)10-13-6-3-4-8-15(13)20/h3-4,6,8,14,16-17H,2,5,7,9-12H2,1H3,(H,21,23)/t14-,16+,17+/m1/s1. The number of rotatable bonds is 5. The maximum atomic E-state index is 13.8. The lowest BCUT2D eigenvalue weighted by Crippen LogP contribution is -2.57.